The van der Waals surface area contributed by atoms with Crippen LogP contribution in [0.5, 0.6) is 0 Å². The minimum atomic E-state index is -1.42. The number of alkyl halides is 2. The molecule has 0 amide bonds. The zero-order valence-electron chi connectivity index (χ0n) is 16.2. The lowest BCUT2D eigenvalue weighted by Gasteiger charge is -2.33. The lowest BCUT2D eigenvalue weighted by molar-refractivity contribution is -0.416. The van der Waals surface area contributed by atoms with Crippen molar-refractivity contribution in [2.45, 2.75) is 117 Å². The fourth-order valence-corrected chi connectivity index (χ4v) is 1.97. The van der Waals surface area contributed by atoms with Crippen molar-refractivity contribution in [2.75, 3.05) is 0 Å². The van der Waals surface area contributed by atoms with Gasteiger partial charge in [0.15, 0.2) is 0 Å². The maximum Gasteiger partial charge on any atom is 0.231 e. The Morgan fingerprint density at radius 2 is 1.04 bits per heavy atom. The molecule has 0 fully saturated rings. The molecule has 0 aromatic heterocycles. The summed E-state index contributed by atoms with van der Waals surface area (Å²) in [5.41, 5.74) is -1.26. The van der Waals surface area contributed by atoms with E-state index in [1.54, 1.807) is 0 Å². The van der Waals surface area contributed by atoms with Gasteiger partial charge in [-0.1, -0.05) is 40.5 Å². The number of rotatable bonds is 15. The SMILES string of the molecule is CCCC(F)OOC(C)(CC)CCC(C)(CC)OOC(F)CCC. The monoisotopic (exact) mass is 354 g/mol. The summed E-state index contributed by atoms with van der Waals surface area (Å²) in [6, 6.07) is 0. The van der Waals surface area contributed by atoms with Gasteiger partial charge in [0, 0.05) is 12.8 Å². The van der Waals surface area contributed by atoms with Crippen LogP contribution in [0.1, 0.15) is 92.9 Å². The van der Waals surface area contributed by atoms with Crippen LogP contribution >= 0.6 is 0 Å². The molecule has 0 aliphatic rings. The van der Waals surface area contributed by atoms with Crippen LogP contribution in [0.3, 0.4) is 0 Å². The van der Waals surface area contributed by atoms with E-state index in [2.05, 4.69) is 0 Å². The summed E-state index contributed by atoms with van der Waals surface area (Å²) in [5, 5.41) is 0. The van der Waals surface area contributed by atoms with Gasteiger partial charge in [-0.2, -0.15) is 9.78 Å². The molecule has 24 heavy (non-hydrogen) atoms. The molecular formula is C18H36F2O4. The van der Waals surface area contributed by atoms with Gasteiger partial charge >= 0.3 is 0 Å². The third-order valence-corrected chi connectivity index (χ3v) is 4.42. The molecule has 4 nitrogen and oxygen atoms in total. The van der Waals surface area contributed by atoms with E-state index in [0.29, 0.717) is 51.4 Å². The summed E-state index contributed by atoms with van der Waals surface area (Å²) < 4.78 is 26.9. The van der Waals surface area contributed by atoms with Gasteiger partial charge in [-0.15, -0.1) is 0 Å². The second kappa shape index (κ2) is 12.1. The summed E-state index contributed by atoms with van der Waals surface area (Å²) in [6.07, 6.45) is 1.64. The molecule has 0 N–H and O–H groups in total. The molecule has 146 valence electrons. The van der Waals surface area contributed by atoms with E-state index >= 15 is 0 Å². The van der Waals surface area contributed by atoms with Crippen molar-refractivity contribution in [2.24, 2.45) is 0 Å². The van der Waals surface area contributed by atoms with E-state index in [4.69, 9.17) is 19.6 Å². The van der Waals surface area contributed by atoms with Crippen LogP contribution in [0.25, 0.3) is 0 Å². The van der Waals surface area contributed by atoms with Crippen LogP contribution in [0, 0.1) is 0 Å². The highest BCUT2D eigenvalue weighted by atomic mass is 19.2. The van der Waals surface area contributed by atoms with E-state index in [9.17, 15) is 8.78 Å². The Bertz CT molecular complexity index is 289. The normalized spacial score (nSPS) is 19.5. The Kier molecular flexibility index (Phi) is 12.0. The van der Waals surface area contributed by atoms with Crippen molar-refractivity contribution in [1.29, 1.82) is 0 Å². The summed E-state index contributed by atoms with van der Waals surface area (Å²) in [4.78, 5) is 20.4. The van der Waals surface area contributed by atoms with Gasteiger partial charge in [-0.3, -0.25) is 0 Å². The largest absolute Gasteiger partial charge is 0.231 e. The van der Waals surface area contributed by atoms with Gasteiger partial charge < -0.3 is 0 Å². The molecule has 4 unspecified atom stereocenters. The van der Waals surface area contributed by atoms with Crippen LogP contribution in [0.15, 0.2) is 0 Å². The van der Waals surface area contributed by atoms with Gasteiger partial charge in [0.25, 0.3) is 0 Å². The second-order valence-corrected chi connectivity index (χ2v) is 6.86. The van der Waals surface area contributed by atoms with Crippen molar-refractivity contribution in [3.8, 4) is 0 Å². The van der Waals surface area contributed by atoms with Gasteiger partial charge in [0.05, 0.1) is 0 Å². The average Bonchev–Trinajstić information content (AvgIpc) is 2.57. The average molecular weight is 354 g/mol. The van der Waals surface area contributed by atoms with E-state index < -0.39 is 23.9 Å². The highest BCUT2D eigenvalue weighted by Crippen LogP contribution is 2.31. The predicted molar refractivity (Wildman–Crippen MR) is 90.6 cm³/mol. The first-order valence-corrected chi connectivity index (χ1v) is 9.21. The van der Waals surface area contributed by atoms with Gasteiger partial charge in [-0.25, -0.2) is 18.6 Å². The molecule has 0 saturated heterocycles. The maximum absolute atomic E-state index is 13.5. The minimum absolute atomic E-state index is 0.304. The molecule has 0 radical (unpaired) electrons. The molecule has 0 rings (SSSR count). The van der Waals surface area contributed by atoms with Crippen LogP contribution in [-0.2, 0) is 19.6 Å². The summed E-state index contributed by atoms with van der Waals surface area (Å²) in [5.74, 6) is 0. The van der Waals surface area contributed by atoms with Crippen LogP contribution in [0.4, 0.5) is 8.78 Å². The number of halogens is 2. The van der Waals surface area contributed by atoms with Gasteiger partial charge in [0.1, 0.15) is 11.2 Å². The Hall–Kier alpha value is -0.300. The van der Waals surface area contributed by atoms with E-state index in [1.807, 2.05) is 41.5 Å². The summed E-state index contributed by atoms with van der Waals surface area (Å²) in [7, 11) is 0. The lowest BCUT2D eigenvalue weighted by Crippen LogP contribution is -2.36. The summed E-state index contributed by atoms with van der Waals surface area (Å²) >= 11 is 0. The van der Waals surface area contributed by atoms with Crippen LogP contribution in [0.2, 0.25) is 0 Å². The van der Waals surface area contributed by atoms with Crippen molar-refractivity contribution < 1.29 is 28.3 Å². The maximum atomic E-state index is 13.5. The Labute approximate surface area is 146 Å². The zero-order valence-corrected chi connectivity index (χ0v) is 16.2. The molecule has 4 atom stereocenters. The fraction of sp³-hybridized carbons (Fsp3) is 1.00. The molecule has 0 aromatic rings. The Balaban J connectivity index is 4.47. The molecular weight excluding hydrogens is 318 g/mol. The molecule has 0 saturated carbocycles. The van der Waals surface area contributed by atoms with Crippen molar-refractivity contribution in [3.63, 3.8) is 0 Å². The minimum Gasteiger partial charge on any atom is -0.227 e. The van der Waals surface area contributed by atoms with Gasteiger partial charge in [-0.05, 0) is 39.5 Å². The van der Waals surface area contributed by atoms with Crippen LogP contribution < -0.4 is 0 Å². The standard InChI is InChI=1S/C18H36F2O4/c1-7-11-15(19)21-23-17(5,9-3)13-14-18(6,10-4)24-22-16(20)12-8-2/h15-16H,7-14H2,1-6H3. The molecule has 0 aliphatic carbocycles. The van der Waals surface area contributed by atoms with E-state index in [1.165, 1.54) is 0 Å². The first-order valence-electron chi connectivity index (χ1n) is 9.21. The molecule has 0 heterocycles. The van der Waals surface area contributed by atoms with E-state index in [0.717, 1.165) is 0 Å². The first-order chi connectivity index (χ1) is 11.2. The fourth-order valence-electron chi connectivity index (χ4n) is 1.97. The highest BCUT2D eigenvalue weighted by molar-refractivity contribution is 4.80. The third kappa shape index (κ3) is 9.87. The van der Waals surface area contributed by atoms with Crippen molar-refractivity contribution in [3.05, 3.63) is 0 Å². The highest BCUT2D eigenvalue weighted by Gasteiger charge is 2.33. The predicted octanol–water partition coefficient (Wildman–Crippen LogP) is 6.19. The van der Waals surface area contributed by atoms with Crippen molar-refractivity contribution >= 4 is 0 Å². The molecule has 6 heteroatoms. The van der Waals surface area contributed by atoms with E-state index in [-0.39, 0.29) is 0 Å². The Morgan fingerprint density at radius 1 is 0.708 bits per heavy atom. The number of hydrogen-bond donors (Lipinski definition) is 0. The molecule has 0 aliphatic heterocycles. The third-order valence-electron chi connectivity index (χ3n) is 4.42. The molecule has 0 aromatic carbocycles. The number of hydrogen-bond acceptors (Lipinski definition) is 4. The van der Waals surface area contributed by atoms with Crippen LogP contribution in [-0.4, -0.2) is 23.9 Å². The van der Waals surface area contributed by atoms with Crippen molar-refractivity contribution in [1.82, 2.24) is 0 Å². The quantitative estimate of drug-likeness (QED) is 0.259. The van der Waals surface area contributed by atoms with Gasteiger partial charge in [0.2, 0.25) is 12.7 Å². The zero-order chi connectivity index (χ0) is 18.6. The topological polar surface area (TPSA) is 36.9 Å². The first kappa shape index (κ1) is 23.7. The lowest BCUT2D eigenvalue weighted by atomic mass is 9.88. The smallest absolute Gasteiger partial charge is 0.227 e. The summed E-state index contributed by atoms with van der Waals surface area (Å²) in [6.45, 7) is 11.4. The second-order valence-electron chi connectivity index (χ2n) is 6.86. The molecule has 0 bridgehead atoms. The molecule has 0 spiro atoms. The Morgan fingerprint density at radius 3 is 1.29 bits per heavy atom.